The molecule has 0 bridgehead atoms. The minimum Gasteiger partial charge on any atom is -0.322 e. The van der Waals surface area contributed by atoms with Crippen molar-refractivity contribution >= 4 is 61.5 Å². The number of benzene rings is 2. The van der Waals surface area contributed by atoms with Crippen molar-refractivity contribution in [2.24, 2.45) is 0 Å². The quantitative estimate of drug-likeness (QED) is 0.699. The number of rotatable bonds is 4. The number of halogens is 2. The third-order valence-corrected chi connectivity index (χ3v) is 4.25. The van der Waals surface area contributed by atoms with E-state index in [0.717, 1.165) is 9.83 Å². The van der Waals surface area contributed by atoms with Gasteiger partial charge in [-0.1, -0.05) is 11.6 Å². The third-order valence-electron chi connectivity index (χ3n) is 2.63. The Kier molecular flexibility index (Phi) is 5.30. The van der Waals surface area contributed by atoms with E-state index >= 15 is 0 Å². The predicted molar refractivity (Wildman–Crippen MR) is 97.0 cm³/mol. The van der Waals surface area contributed by atoms with E-state index in [1.807, 2.05) is 12.1 Å². The van der Waals surface area contributed by atoms with Crippen molar-refractivity contribution in [2.75, 3.05) is 16.3 Å². The van der Waals surface area contributed by atoms with Gasteiger partial charge in [0.25, 0.3) is 5.91 Å². The van der Waals surface area contributed by atoms with Gasteiger partial charge >= 0.3 is 0 Å². The Morgan fingerprint density at radius 3 is 2.32 bits per heavy atom. The standard InChI is InChI=1S/C14H12ClIN2O3S/c1-22(20,21)18-13-7-2-9(8-12(13)15)14(19)17-11-5-3-10(16)4-6-11/h2-8,18H,1H3,(H,17,19). The normalized spacial score (nSPS) is 11.0. The second kappa shape index (κ2) is 6.84. The van der Waals surface area contributed by atoms with Gasteiger partial charge in [-0.2, -0.15) is 0 Å². The van der Waals surface area contributed by atoms with Crippen molar-refractivity contribution in [1.29, 1.82) is 0 Å². The summed E-state index contributed by atoms with van der Waals surface area (Å²) < 4.78 is 25.7. The van der Waals surface area contributed by atoms with Crippen molar-refractivity contribution < 1.29 is 13.2 Å². The highest BCUT2D eigenvalue weighted by molar-refractivity contribution is 14.1. The summed E-state index contributed by atoms with van der Waals surface area (Å²) in [6.07, 6.45) is 1.03. The summed E-state index contributed by atoms with van der Waals surface area (Å²) in [5.74, 6) is -0.325. The van der Waals surface area contributed by atoms with Gasteiger partial charge in [0, 0.05) is 14.8 Å². The van der Waals surface area contributed by atoms with Crippen LogP contribution in [0.25, 0.3) is 0 Å². The largest absolute Gasteiger partial charge is 0.322 e. The van der Waals surface area contributed by atoms with Crippen molar-refractivity contribution in [2.45, 2.75) is 0 Å². The number of hydrogen-bond donors (Lipinski definition) is 2. The third kappa shape index (κ3) is 4.85. The minimum atomic E-state index is -3.42. The molecule has 0 saturated heterocycles. The van der Waals surface area contributed by atoms with Gasteiger partial charge in [0.15, 0.2) is 0 Å². The highest BCUT2D eigenvalue weighted by Gasteiger charge is 2.11. The molecular formula is C14H12ClIN2O3S. The Bertz CT molecular complexity index is 807. The van der Waals surface area contributed by atoms with Crippen LogP contribution in [0.15, 0.2) is 42.5 Å². The maximum atomic E-state index is 12.1. The zero-order valence-corrected chi connectivity index (χ0v) is 15.2. The molecule has 0 aliphatic rings. The average Bonchev–Trinajstić information content (AvgIpc) is 2.42. The summed E-state index contributed by atoms with van der Waals surface area (Å²) >= 11 is 8.17. The summed E-state index contributed by atoms with van der Waals surface area (Å²) in [4.78, 5) is 12.1. The highest BCUT2D eigenvalue weighted by Crippen LogP contribution is 2.24. The zero-order chi connectivity index (χ0) is 16.3. The van der Waals surface area contributed by atoms with Crippen LogP contribution in [0.3, 0.4) is 0 Å². The highest BCUT2D eigenvalue weighted by atomic mass is 127. The van der Waals surface area contributed by atoms with Crippen LogP contribution in [0.2, 0.25) is 5.02 Å². The Balaban J connectivity index is 2.17. The van der Waals surface area contributed by atoms with Crippen LogP contribution >= 0.6 is 34.2 Å². The fourth-order valence-electron chi connectivity index (χ4n) is 1.68. The topological polar surface area (TPSA) is 75.3 Å². The fraction of sp³-hybridized carbons (Fsp3) is 0.0714. The summed E-state index contributed by atoms with van der Waals surface area (Å²) in [6.45, 7) is 0. The molecule has 0 aliphatic heterocycles. The van der Waals surface area contributed by atoms with E-state index in [9.17, 15) is 13.2 Å². The Morgan fingerprint density at radius 1 is 1.14 bits per heavy atom. The van der Waals surface area contributed by atoms with Crippen molar-refractivity contribution in [1.82, 2.24) is 0 Å². The molecule has 2 rings (SSSR count). The first-order valence-corrected chi connectivity index (χ1v) is 9.44. The van der Waals surface area contributed by atoms with E-state index in [2.05, 4.69) is 32.6 Å². The van der Waals surface area contributed by atoms with Crippen LogP contribution in [0.1, 0.15) is 10.4 Å². The second-order valence-electron chi connectivity index (χ2n) is 4.53. The molecule has 0 aromatic heterocycles. The molecule has 0 saturated carbocycles. The lowest BCUT2D eigenvalue weighted by Crippen LogP contribution is -2.13. The monoisotopic (exact) mass is 450 g/mol. The summed E-state index contributed by atoms with van der Waals surface area (Å²) in [5, 5.41) is 2.89. The van der Waals surface area contributed by atoms with Crippen LogP contribution in [0.5, 0.6) is 0 Å². The lowest BCUT2D eigenvalue weighted by Gasteiger charge is -2.09. The van der Waals surface area contributed by atoms with Crippen LogP contribution in [0.4, 0.5) is 11.4 Å². The molecule has 0 aliphatic carbocycles. The zero-order valence-electron chi connectivity index (χ0n) is 11.4. The van der Waals surface area contributed by atoms with Crippen molar-refractivity contribution in [3.05, 3.63) is 56.6 Å². The van der Waals surface area contributed by atoms with Crippen LogP contribution in [-0.4, -0.2) is 20.6 Å². The molecule has 2 aromatic rings. The van der Waals surface area contributed by atoms with E-state index < -0.39 is 10.0 Å². The number of sulfonamides is 1. The number of hydrogen-bond acceptors (Lipinski definition) is 3. The number of anilines is 2. The smallest absolute Gasteiger partial charge is 0.255 e. The summed E-state index contributed by atoms with van der Waals surface area (Å²) in [5.41, 5.74) is 1.23. The van der Waals surface area contributed by atoms with Crippen LogP contribution < -0.4 is 10.0 Å². The molecule has 116 valence electrons. The van der Waals surface area contributed by atoms with E-state index in [1.165, 1.54) is 18.2 Å². The fourth-order valence-corrected chi connectivity index (χ4v) is 2.90. The maximum absolute atomic E-state index is 12.1. The molecule has 22 heavy (non-hydrogen) atoms. The lowest BCUT2D eigenvalue weighted by molar-refractivity contribution is 0.102. The first kappa shape index (κ1) is 17.0. The minimum absolute atomic E-state index is 0.153. The Morgan fingerprint density at radius 2 is 1.77 bits per heavy atom. The molecule has 0 unspecified atom stereocenters. The first-order valence-electron chi connectivity index (χ1n) is 6.09. The SMILES string of the molecule is CS(=O)(=O)Nc1ccc(C(=O)Nc2ccc(I)cc2)cc1Cl. The van der Waals surface area contributed by atoms with Crippen molar-refractivity contribution in [3.8, 4) is 0 Å². The van der Waals surface area contributed by atoms with E-state index in [-0.39, 0.29) is 16.6 Å². The first-order chi connectivity index (χ1) is 10.2. The Hall–Kier alpha value is -1.32. The van der Waals surface area contributed by atoms with E-state index in [1.54, 1.807) is 12.1 Å². The molecule has 5 nitrogen and oxygen atoms in total. The number of carbonyl (C=O) groups is 1. The lowest BCUT2D eigenvalue weighted by atomic mass is 10.2. The molecule has 8 heteroatoms. The second-order valence-corrected chi connectivity index (χ2v) is 7.93. The molecule has 0 atom stereocenters. The predicted octanol–water partition coefficient (Wildman–Crippen LogP) is 3.57. The molecule has 2 aromatic carbocycles. The molecule has 2 N–H and O–H groups in total. The number of amides is 1. The van der Waals surface area contributed by atoms with Gasteiger partial charge < -0.3 is 5.32 Å². The number of carbonyl (C=O) groups excluding carboxylic acids is 1. The average molecular weight is 451 g/mol. The van der Waals surface area contributed by atoms with E-state index in [4.69, 9.17) is 11.6 Å². The van der Waals surface area contributed by atoms with Crippen molar-refractivity contribution in [3.63, 3.8) is 0 Å². The summed E-state index contributed by atoms with van der Waals surface area (Å²) in [6, 6.07) is 11.7. The molecule has 0 radical (unpaired) electrons. The Labute approximate surface area is 147 Å². The molecule has 0 fully saturated rings. The molecule has 1 amide bonds. The molecular weight excluding hydrogens is 439 g/mol. The van der Waals surface area contributed by atoms with E-state index in [0.29, 0.717) is 11.3 Å². The number of nitrogens with one attached hydrogen (secondary N) is 2. The van der Waals surface area contributed by atoms with Gasteiger partial charge in [-0.3, -0.25) is 9.52 Å². The van der Waals surface area contributed by atoms with Gasteiger partial charge in [-0.05, 0) is 65.1 Å². The molecule has 0 spiro atoms. The van der Waals surface area contributed by atoms with Gasteiger partial charge in [0.05, 0.1) is 17.0 Å². The van der Waals surface area contributed by atoms with Gasteiger partial charge in [-0.15, -0.1) is 0 Å². The van der Waals surface area contributed by atoms with Gasteiger partial charge in [0.2, 0.25) is 10.0 Å². The summed E-state index contributed by atoms with van der Waals surface area (Å²) in [7, 11) is -3.42. The maximum Gasteiger partial charge on any atom is 0.255 e. The molecule has 0 heterocycles. The van der Waals surface area contributed by atoms with Gasteiger partial charge in [0.1, 0.15) is 0 Å². The van der Waals surface area contributed by atoms with Gasteiger partial charge in [-0.25, -0.2) is 8.42 Å². The van der Waals surface area contributed by atoms with Crippen LogP contribution in [-0.2, 0) is 10.0 Å². The van der Waals surface area contributed by atoms with Crippen LogP contribution in [0, 0.1) is 3.57 Å².